The molecule has 1 aliphatic heterocycles. The minimum Gasteiger partial charge on any atom is -0.466 e. The predicted octanol–water partition coefficient (Wildman–Crippen LogP) is 2.76. The normalized spacial score (nSPS) is 14.8. The summed E-state index contributed by atoms with van der Waals surface area (Å²) >= 11 is 6.18. The number of tetrazole rings is 1. The maximum absolute atomic E-state index is 13.5. The van der Waals surface area contributed by atoms with Crippen LogP contribution in [0.25, 0.3) is 5.69 Å². The Labute approximate surface area is 211 Å². The smallest absolute Gasteiger partial charge is 0.305 e. The number of anilines is 1. The molecule has 0 radical (unpaired) electrons. The summed E-state index contributed by atoms with van der Waals surface area (Å²) < 4.78 is 19.9. The number of rotatable bonds is 9. The summed E-state index contributed by atoms with van der Waals surface area (Å²) in [6, 6.07) is 10.8. The largest absolute Gasteiger partial charge is 0.466 e. The van der Waals surface area contributed by atoms with E-state index in [1.807, 2.05) is 0 Å². The molecule has 2 aromatic carbocycles. The maximum Gasteiger partial charge on any atom is 0.305 e. The first-order valence-corrected chi connectivity index (χ1v) is 11.8. The number of piperazine rings is 1. The van der Waals surface area contributed by atoms with E-state index in [9.17, 15) is 18.8 Å². The second-order valence-electron chi connectivity index (χ2n) is 8.23. The van der Waals surface area contributed by atoms with Gasteiger partial charge in [0.15, 0.2) is 0 Å². The monoisotopic (exact) mass is 514 g/mol. The Kier molecular flexibility index (Phi) is 7.89. The summed E-state index contributed by atoms with van der Waals surface area (Å²) in [5.74, 6) is -1.62. The molecular formula is C24H24ClFN6O4. The summed E-state index contributed by atoms with van der Waals surface area (Å²) in [7, 11) is 0. The molecular weight excluding hydrogens is 491 g/mol. The van der Waals surface area contributed by atoms with Crippen molar-refractivity contribution in [3.63, 3.8) is 0 Å². The van der Waals surface area contributed by atoms with Crippen molar-refractivity contribution < 1.29 is 23.5 Å². The van der Waals surface area contributed by atoms with Crippen LogP contribution in [0.3, 0.4) is 0 Å². The standard InChI is InChI=1S/C24H24ClFN6O4/c1-2-36-24(35)10-5-17(16-3-7-19(26)8-4-16)12-30-13-23(34)31(14-22(30)33)21-11-18(25)6-9-20(21)32-15-27-28-29-32/h3-4,6-9,11,15,17H,2,5,10,12-14H2,1H3. The summed E-state index contributed by atoms with van der Waals surface area (Å²) in [6.07, 6.45) is 1.89. The number of aromatic nitrogens is 4. The third-order valence-electron chi connectivity index (χ3n) is 5.88. The van der Waals surface area contributed by atoms with Gasteiger partial charge in [-0.2, -0.15) is 4.68 Å². The van der Waals surface area contributed by atoms with Crippen molar-refractivity contribution in [2.75, 3.05) is 31.1 Å². The van der Waals surface area contributed by atoms with Crippen molar-refractivity contribution in [2.24, 2.45) is 0 Å². The molecule has 1 aliphatic rings. The minimum atomic E-state index is -0.386. The van der Waals surface area contributed by atoms with Crippen LogP contribution < -0.4 is 4.90 Å². The van der Waals surface area contributed by atoms with Crippen LogP contribution in [0.2, 0.25) is 5.02 Å². The van der Waals surface area contributed by atoms with Gasteiger partial charge >= 0.3 is 5.97 Å². The number of esters is 1. The molecule has 4 rings (SSSR count). The molecule has 1 aromatic heterocycles. The van der Waals surface area contributed by atoms with Gasteiger partial charge < -0.3 is 9.64 Å². The fraction of sp³-hybridized carbons (Fsp3) is 0.333. The van der Waals surface area contributed by atoms with Crippen LogP contribution >= 0.6 is 11.6 Å². The fourth-order valence-corrected chi connectivity index (χ4v) is 4.28. The summed E-state index contributed by atoms with van der Waals surface area (Å²) in [5, 5.41) is 11.5. The fourth-order valence-electron chi connectivity index (χ4n) is 4.11. The molecule has 12 heteroatoms. The van der Waals surface area contributed by atoms with Crippen molar-refractivity contribution in [3.8, 4) is 5.69 Å². The molecule has 0 saturated carbocycles. The van der Waals surface area contributed by atoms with Crippen LogP contribution in [0.4, 0.5) is 10.1 Å². The number of carbonyl (C=O) groups is 3. The number of benzene rings is 2. The van der Waals surface area contributed by atoms with Gasteiger partial charge in [0.05, 0.1) is 18.0 Å². The first-order chi connectivity index (χ1) is 17.4. The Morgan fingerprint density at radius 3 is 2.58 bits per heavy atom. The predicted molar refractivity (Wildman–Crippen MR) is 128 cm³/mol. The van der Waals surface area contributed by atoms with Crippen molar-refractivity contribution in [1.82, 2.24) is 25.1 Å². The second-order valence-corrected chi connectivity index (χ2v) is 8.67. The van der Waals surface area contributed by atoms with Crippen molar-refractivity contribution in [1.29, 1.82) is 0 Å². The lowest BCUT2D eigenvalue weighted by molar-refractivity contribution is -0.143. The molecule has 10 nitrogen and oxygen atoms in total. The molecule has 2 amide bonds. The van der Waals surface area contributed by atoms with E-state index >= 15 is 0 Å². The first kappa shape index (κ1) is 25.2. The van der Waals surface area contributed by atoms with Gasteiger partial charge in [-0.05, 0) is 59.7 Å². The van der Waals surface area contributed by atoms with E-state index in [-0.39, 0.29) is 62.2 Å². The van der Waals surface area contributed by atoms with Crippen LogP contribution in [0, 0.1) is 5.82 Å². The SMILES string of the molecule is CCOC(=O)CCC(CN1CC(=O)N(c2cc(Cl)ccc2-n2cnnn2)CC1=O)c1ccc(F)cc1. The summed E-state index contributed by atoms with van der Waals surface area (Å²) in [6.45, 7) is 1.81. The molecule has 0 aliphatic carbocycles. The van der Waals surface area contributed by atoms with Crippen molar-refractivity contribution >= 4 is 35.1 Å². The molecule has 1 saturated heterocycles. The van der Waals surface area contributed by atoms with Gasteiger partial charge in [0.1, 0.15) is 25.2 Å². The zero-order valence-electron chi connectivity index (χ0n) is 19.5. The zero-order chi connectivity index (χ0) is 25.7. The Hall–Kier alpha value is -3.86. The van der Waals surface area contributed by atoms with Gasteiger partial charge in [0.25, 0.3) is 0 Å². The number of carbonyl (C=O) groups excluding carboxylic acids is 3. The Morgan fingerprint density at radius 1 is 1.11 bits per heavy atom. The zero-order valence-corrected chi connectivity index (χ0v) is 20.3. The lowest BCUT2D eigenvalue weighted by Crippen LogP contribution is -2.55. The highest BCUT2D eigenvalue weighted by atomic mass is 35.5. The van der Waals surface area contributed by atoms with Crippen LogP contribution in [-0.2, 0) is 19.1 Å². The van der Waals surface area contributed by atoms with E-state index in [1.54, 1.807) is 37.3 Å². The van der Waals surface area contributed by atoms with Crippen molar-refractivity contribution in [3.05, 3.63) is 65.2 Å². The molecule has 36 heavy (non-hydrogen) atoms. The van der Waals surface area contributed by atoms with Crippen LogP contribution in [-0.4, -0.2) is 69.1 Å². The molecule has 0 bridgehead atoms. The number of amides is 2. The highest BCUT2D eigenvalue weighted by Gasteiger charge is 2.34. The summed E-state index contributed by atoms with van der Waals surface area (Å²) in [5.41, 5.74) is 1.67. The van der Waals surface area contributed by atoms with E-state index < -0.39 is 0 Å². The Morgan fingerprint density at radius 2 is 1.89 bits per heavy atom. The topological polar surface area (TPSA) is 111 Å². The lowest BCUT2D eigenvalue weighted by atomic mass is 9.93. The number of ether oxygens (including phenoxy) is 1. The number of hydrogen-bond donors (Lipinski definition) is 0. The minimum absolute atomic E-state index is 0.135. The molecule has 0 N–H and O–H groups in total. The highest BCUT2D eigenvalue weighted by Crippen LogP contribution is 2.30. The molecule has 1 atom stereocenters. The molecule has 1 fully saturated rings. The van der Waals surface area contributed by atoms with E-state index in [2.05, 4.69) is 15.5 Å². The molecule has 2 heterocycles. The molecule has 0 spiro atoms. The quantitative estimate of drug-likeness (QED) is 0.404. The molecule has 1 unspecified atom stereocenters. The maximum atomic E-state index is 13.5. The second kappa shape index (κ2) is 11.3. The average molecular weight is 515 g/mol. The first-order valence-electron chi connectivity index (χ1n) is 11.4. The highest BCUT2D eigenvalue weighted by molar-refractivity contribution is 6.31. The van der Waals surface area contributed by atoms with Gasteiger partial charge in [-0.1, -0.05) is 23.7 Å². The van der Waals surface area contributed by atoms with Crippen LogP contribution in [0.15, 0.2) is 48.8 Å². The third kappa shape index (κ3) is 5.85. The summed E-state index contributed by atoms with van der Waals surface area (Å²) in [4.78, 5) is 41.1. The van der Waals surface area contributed by atoms with Gasteiger partial charge in [-0.15, -0.1) is 5.10 Å². The number of hydrogen-bond acceptors (Lipinski definition) is 7. The van der Waals surface area contributed by atoms with Crippen LogP contribution in [0.5, 0.6) is 0 Å². The van der Waals surface area contributed by atoms with Gasteiger partial charge in [-0.3, -0.25) is 19.3 Å². The number of halogens is 2. The Balaban J connectivity index is 1.53. The van der Waals surface area contributed by atoms with Gasteiger partial charge in [0.2, 0.25) is 11.8 Å². The average Bonchev–Trinajstić information content (AvgIpc) is 3.39. The van der Waals surface area contributed by atoms with Gasteiger partial charge in [-0.25, -0.2) is 4.39 Å². The molecule has 3 aromatic rings. The Bertz CT molecular complexity index is 1240. The van der Waals surface area contributed by atoms with Crippen LogP contribution in [0.1, 0.15) is 31.2 Å². The van der Waals surface area contributed by atoms with E-state index in [0.717, 1.165) is 5.56 Å². The third-order valence-corrected chi connectivity index (χ3v) is 6.12. The van der Waals surface area contributed by atoms with Crippen molar-refractivity contribution in [2.45, 2.75) is 25.7 Å². The molecule has 188 valence electrons. The number of nitrogens with zero attached hydrogens (tertiary/aromatic N) is 6. The van der Waals surface area contributed by atoms with E-state index in [4.69, 9.17) is 16.3 Å². The van der Waals surface area contributed by atoms with E-state index in [0.29, 0.717) is 22.8 Å². The van der Waals surface area contributed by atoms with E-state index in [1.165, 1.54) is 32.9 Å². The lowest BCUT2D eigenvalue weighted by Gasteiger charge is -2.36. The van der Waals surface area contributed by atoms with Gasteiger partial charge in [0, 0.05) is 23.9 Å².